The molecule has 8 rings (SSSR count). The van der Waals surface area contributed by atoms with Gasteiger partial charge in [-0.3, -0.25) is 4.90 Å². The second kappa shape index (κ2) is 13.4. The van der Waals surface area contributed by atoms with Crippen LogP contribution in [0.25, 0.3) is 0 Å². The maximum absolute atomic E-state index is 12.7. The maximum atomic E-state index is 12.7. The molecule has 14 atom stereocenters. The molecule has 0 aromatic heterocycles. The van der Waals surface area contributed by atoms with Gasteiger partial charge in [0.15, 0.2) is 6.29 Å². The summed E-state index contributed by atoms with van der Waals surface area (Å²) in [5, 5.41) is 23.8. The lowest BCUT2D eigenvalue weighted by atomic mass is 9.41. The monoisotopic (exact) mass is 731 g/mol. The number of rotatable bonds is 11. The molecule has 2 N–H and O–H groups in total. The van der Waals surface area contributed by atoms with E-state index < -0.39 is 17.8 Å². The Morgan fingerprint density at radius 3 is 2.40 bits per heavy atom. The number of aliphatic hydroxyl groups is 2. The van der Waals surface area contributed by atoms with Crippen LogP contribution in [0.15, 0.2) is 0 Å². The average molecular weight is 731 g/mol. The highest BCUT2D eigenvalue weighted by Gasteiger charge is 2.84. The fourth-order valence-electron chi connectivity index (χ4n) is 15.4. The number of ether oxygens (including phenoxy) is 5. The molecule has 9 heteroatoms. The molecule has 52 heavy (non-hydrogen) atoms. The van der Waals surface area contributed by atoms with Crippen LogP contribution in [0.2, 0.25) is 0 Å². The summed E-state index contributed by atoms with van der Waals surface area (Å²) in [6.45, 7) is 26.6. The maximum Gasteiger partial charge on any atom is 0.170 e. The Bertz CT molecular complexity index is 1300. The van der Waals surface area contributed by atoms with E-state index in [1.54, 1.807) is 7.11 Å². The molecule has 8 aliphatic rings. The van der Waals surface area contributed by atoms with Crippen LogP contribution in [0, 0.1) is 56.7 Å². The first-order chi connectivity index (χ1) is 24.6. The molecule has 0 aromatic carbocycles. The van der Waals surface area contributed by atoms with Gasteiger partial charge in [-0.05, 0) is 123 Å². The van der Waals surface area contributed by atoms with Crippen LogP contribution >= 0.6 is 0 Å². The van der Waals surface area contributed by atoms with Gasteiger partial charge in [-0.2, -0.15) is 0 Å². The zero-order chi connectivity index (χ0) is 37.1. The lowest BCUT2D eigenvalue weighted by molar-refractivity contribution is -0.249. The largest absolute Gasteiger partial charge is 0.390 e. The van der Waals surface area contributed by atoms with Crippen LogP contribution in [0.3, 0.4) is 0 Å². The molecule has 3 aliphatic heterocycles. The minimum Gasteiger partial charge on any atom is -0.390 e. The van der Waals surface area contributed by atoms with E-state index in [0.29, 0.717) is 41.1 Å². The molecule has 298 valence electrons. The first-order valence-corrected chi connectivity index (χ1v) is 21.4. The summed E-state index contributed by atoms with van der Waals surface area (Å²) in [6, 6.07) is 0. The highest BCUT2D eigenvalue weighted by atomic mass is 16.7. The van der Waals surface area contributed by atoms with Crippen LogP contribution in [0.4, 0.5) is 0 Å². The van der Waals surface area contributed by atoms with Gasteiger partial charge >= 0.3 is 0 Å². The molecule has 3 saturated heterocycles. The number of likely N-dealkylation sites (tertiary alicyclic amines) is 1. The van der Waals surface area contributed by atoms with Gasteiger partial charge in [0.2, 0.25) is 0 Å². The number of methoxy groups -OCH3 is 1. The Hall–Kier alpha value is -0.360. The lowest BCUT2D eigenvalue weighted by Gasteiger charge is -2.64. The normalized spacial score (nSPS) is 49.6. The molecule has 0 bridgehead atoms. The van der Waals surface area contributed by atoms with E-state index >= 15 is 0 Å². The zero-order valence-corrected chi connectivity index (χ0v) is 34.2. The molecule has 0 amide bonds. The number of morpholine rings is 1. The number of aliphatic hydroxyl groups excluding tert-OH is 1. The van der Waals surface area contributed by atoms with Crippen LogP contribution in [-0.2, 0) is 23.7 Å². The molecular formula is C43H74N2O7. The van der Waals surface area contributed by atoms with Crippen molar-refractivity contribution in [2.45, 2.75) is 149 Å². The highest BCUT2D eigenvalue weighted by molar-refractivity contribution is 5.33. The number of nitrogens with zero attached hydrogens (tertiary/aromatic N) is 2. The summed E-state index contributed by atoms with van der Waals surface area (Å²) in [4.78, 5) is 5.08. The SMILES string of the molecule is CCO[C@@H](C1C[C@@H](C)[C@H]2C(O1)[C@H](O)[C@@]1(C)C3CC[C@H]4C(C)(C)[C@@H](O[C@H]5CN(CC6CN(CCOC)C6)CCO5)CCC45CC35CC[C@]21C)C(C)(C)O. The summed E-state index contributed by atoms with van der Waals surface area (Å²) in [7, 11) is 1.79. The Labute approximate surface area is 315 Å². The Kier molecular flexibility index (Phi) is 9.90. The second-order valence-electron chi connectivity index (χ2n) is 20.9. The summed E-state index contributed by atoms with van der Waals surface area (Å²) >= 11 is 0. The summed E-state index contributed by atoms with van der Waals surface area (Å²) in [6.07, 6.45) is 8.09. The van der Waals surface area contributed by atoms with Gasteiger partial charge in [0, 0.05) is 58.4 Å². The van der Waals surface area contributed by atoms with Crippen LogP contribution < -0.4 is 0 Å². The number of fused-ring (bicyclic) bond motifs is 4. The van der Waals surface area contributed by atoms with Gasteiger partial charge in [-0.15, -0.1) is 0 Å². The van der Waals surface area contributed by atoms with Crippen molar-refractivity contribution in [2.75, 3.05) is 66.2 Å². The molecular weight excluding hydrogens is 656 g/mol. The number of hydrogen-bond acceptors (Lipinski definition) is 9. The molecule has 5 aliphatic carbocycles. The van der Waals surface area contributed by atoms with E-state index in [2.05, 4.69) is 44.4 Å². The topological polar surface area (TPSA) is 93.1 Å². The predicted octanol–water partition coefficient (Wildman–Crippen LogP) is 5.60. The third-order valence-electron chi connectivity index (χ3n) is 17.7. The molecule has 9 nitrogen and oxygen atoms in total. The predicted molar refractivity (Wildman–Crippen MR) is 201 cm³/mol. The van der Waals surface area contributed by atoms with Gasteiger partial charge in [-0.1, -0.05) is 34.6 Å². The van der Waals surface area contributed by atoms with Crippen molar-refractivity contribution in [3.63, 3.8) is 0 Å². The Morgan fingerprint density at radius 1 is 0.962 bits per heavy atom. The smallest absolute Gasteiger partial charge is 0.170 e. The van der Waals surface area contributed by atoms with Crippen molar-refractivity contribution in [3.8, 4) is 0 Å². The van der Waals surface area contributed by atoms with Crippen LogP contribution in [0.5, 0.6) is 0 Å². The molecule has 8 fully saturated rings. The van der Waals surface area contributed by atoms with E-state index in [4.69, 9.17) is 23.7 Å². The number of hydrogen-bond donors (Lipinski definition) is 2. The van der Waals surface area contributed by atoms with Crippen LogP contribution in [0.1, 0.15) is 107 Å². The minimum absolute atomic E-state index is 0.0194. The quantitative estimate of drug-likeness (QED) is 0.282. The van der Waals surface area contributed by atoms with E-state index in [1.807, 2.05) is 20.8 Å². The van der Waals surface area contributed by atoms with Crippen molar-refractivity contribution in [3.05, 3.63) is 0 Å². The third-order valence-corrected chi connectivity index (χ3v) is 17.7. The molecule has 0 radical (unpaired) electrons. The van der Waals surface area contributed by atoms with Gasteiger partial charge in [0.1, 0.15) is 6.10 Å². The van der Waals surface area contributed by atoms with Gasteiger partial charge in [0.25, 0.3) is 0 Å². The highest BCUT2D eigenvalue weighted by Crippen LogP contribution is 2.89. The third kappa shape index (κ3) is 5.61. The first-order valence-electron chi connectivity index (χ1n) is 21.4. The van der Waals surface area contributed by atoms with Crippen LogP contribution in [-0.4, -0.2) is 129 Å². The fraction of sp³-hybridized carbons (Fsp3) is 1.00. The van der Waals surface area contributed by atoms with Crippen molar-refractivity contribution >= 4 is 0 Å². The molecule has 2 spiro atoms. The molecule has 0 aromatic rings. The van der Waals surface area contributed by atoms with E-state index in [-0.39, 0.29) is 40.8 Å². The Morgan fingerprint density at radius 2 is 1.69 bits per heavy atom. The molecule has 3 heterocycles. The summed E-state index contributed by atoms with van der Waals surface area (Å²) in [5.41, 5.74) is -0.457. The van der Waals surface area contributed by atoms with Crippen molar-refractivity contribution in [2.24, 2.45) is 56.7 Å². The van der Waals surface area contributed by atoms with Crippen molar-refractivity contribution < 1.29 is 33.9 Å². The average Bonchev–Trinajstić information content (AvgIpc) is 3.70. The van der Waals surface area contributed by atoms with Crippen molar-refractivity contribution in [1.29, 1.82) is 0 Å². The zero-order valence-electron chi connectivity index (χ0n) is 34.2. The van der Waals surface area contributed by atoms with E-state index in [9.17, 15) is 10.2 Å². The summed E-state index contributed by atoms with van der Waals surface area (Å²) in [5.74, 6) is 2.58. The van der Waals surface area contributed by atoms with Gasteiger partial charge < -0.3 is 38.8 Å². The first kappa shape index (κ1) is 38.5. The lowest BCUT2D eigenvalue weighted by Crippen LogP contribution is -2.60. The summed E-state index contributed by atoms with van der Waals surface area (Å²) < 4.78 is 31.7. The second-order valence-corrected chi connectivity index (χ2v) is 20.9. The van der Waals surface area contributed by atoms with Crippen molar-refractivity contribution in [1.82, 2.24) is 9.80 Å². The van der Waals surface area contributed by atoms with Gasteiger partial charge in [-0.25, -0.2) is 0 Å². The molecule has 5 unspecified atom stereocenters. The standard InChI is InChI=1S/C43H74N2O7/c1-10-49-37(39(5,6)47)29-21-27(2)34-35(51-29)36(46)41(8)31-12-11-30-38(3,4)32(13-14-42(30)26-43(31,42)16-15-40(34,41)7)52-33-25-45(18-20-50-33)24-28-22-44(23-28)17-19-48-9/h27-37,46-47H,10-26H2,1-9H3/t27-,29?,30+,31?,32+,33+,34+,35?,36+,37+,40-,41-,42?,43?/m1/s1. The fourth-order valence-corrected chi connectivity index (χ4v) is 15.4. The van der Waals surface area contributed by atoms with E-state index in [0.717, 1.165) is 58.2 Å². The van der Waals surface area contributed by atoms with E-state index in [1.165, 1.54) is 51.6 Å². The Balaban J connectivity index is 0.954. The van der Waals surface area contributed by atoms with Gasteiger partial charge in [0.05, 0.1) is 43.2 Å². The minimum atomic E-state index is -1.01. The molecule has 5 saturated carbocycles.